The Morgan fingerprint density at radius 2 is 1.82 bits per heavy atom. The van der Waals surface area contributed by atoms with Crippen molar-refractivity contribution in [3.8, 4) is 0 Å². The molecule has 1 unspecified atom stereocenters. The summed E-state index contributed by atoms with van der Waals surface area (Å²) in [5.41, 5.74) is 2.29. The van der Waals surface area contributed by atoms with Gasteiger partial charge in [0.25, 0.3) is 0 Å². The van der Waals surface area contributed by atoms with Crippen LogP contribution < -0.4 is 10.6 Å². The van der Waals surface area contributed by atoms with Crippen LogP contribution in [0, 0.1) is 0 Å². The molecule has 7 heteroatoms. The number of halogens is 3. The number of benzene rings is 3. The number of fused-ring (bicyclic) bond motifs is 3. The SMILES string of the molecule is O=C1CC(c2cccc(NC(=O)C(F)(F)F)c2)c2ccc3ccccc3c2N1. The zero-order valence-electron chi connectivity index (χ0n) is 14.5. The van der Waals surface area contributed by atoms with Gasteiger partial charge in [-0.3, -0.25) is 9.59 Å². The molecule has 0 radical (unpaired) electrons. The summed E-state index contributed by atoms with van der Waals surface area (Å²) < 4.78 is 37.6. The highest BCUT2D eigenvalue weighted by molar-refractivity contribution is 6.06. The van der Waals surface area contributed by atoms with Gasteiger partial charge in [0.2, 0.25) is 5.91 Å². The first-order valence-corrected chi connectivity index (χ1v) is 8.62. The van der Waals surface area contributed by atoms with Gasteiger partial charge in [-0.05, 0) is 28.6 Å². The van der Waals surface area contributed by atoms with Crippen molar-refractivity contribution < 1.29 is 22.8 Å². The minimum atomic E-state index is -4.97. The van der Waals surface area contributed by atoms with Gasteiger partial charge < -0.3 is 10.6 Å². The quantitative estimate of drug-likeness (QED) is 0.666. The number of hydrogen-bond donors (Lipinski definition) is 2. The van der Waals surface area contributed by atoms with Crippen LogP contribution in [0.4, 0.5) is 24.5 Å². The zero-order chi connectivity index (χ0) is 19.9. The number of anilines is 2. The Labute approximate surface area is 158 Å². The average Bonchev–Trinajstić information content (AvgIpc) is 2.66. The fourth-order valence-corrected chi connectivity index (χ4v) is 3.54. The molecule has 0 fully saturated rings. The van der Waals surface area contributed by atoms with Gasteiger partial charge in [-0.15, -0.1) is 0 Å². The number of nitrogens with one attached hydrogen (secondary N) is 2. The van der Waals surface area contributed by atoms with Gasteiger partial charge in [-0.1, -0.05) is 48.5 Å². The maximum Gasteiger partial charge on any atom is 0.471 e. The Bertz CT molecular complexity index is 1090. The largest absolute Gasteiger partial charge is 0.471 e. The predicted molar refractivity (Wildman–Crippen MR) is 100 cm³/mol. The summed E-state index contributed by atoms with van der Waals surface area (Å²) in [6.45, 7) is 0. The maximum absolute atomic E-state index is 12.5. The molecular weight excluding hydrogens is 369 g/mol. The number of hydrogen-bond acceptors (Lipinski definition) is 2. The van der Waals surface area contributed by atoms with Crippen molar-refractivity contribution in [1.29, 1.82) is 0 Å². The van der Waals surface area contributed by atoms with Crippen LogP contribution >= 0.6 is 0 Å². The summed E-state index contributed by atoms with van der Waals surface area (Å²) in [5, 5.41) is 6.66. The van der Waals surface area contributed by atoms with E-state index in [0.29, 0.717) is 11.3 Å². The van der Waals surface area contributed by atoms with E-state index in [9.17, 15) is 22.8 Å². The molecule has 2 N–H and O–H groups in total. The van der Waals surface area contributed by atoms with E-state index in [2.05, 4.69) is 5.32 Å². The Morgan fingerprint density at radius 1 is 1.04 bits per heavy atom. The summed E-state index contributed by atoms with van der Waals surface area (Å²) in [5.74, 6) is -2.52. The third-order valence-corrected chi connectivity index (χ3v) is 4.79. The zero-order valence-corrected chi connectivity index (χ0v) is 14.5. The molecule has 142 valence electrons. The van der Waals surface area contributed by atoms with E-state index in [1.807, 2.05) is 41.7 Å². The molecule has 1 aliphatic heterocycles. The number of rotatable bonds is 2. The van der Waals surface area contributed by atoms with Gasteiger partial charge in [-0.25, -0.2) is 0 Å². The fourth-order valence-electron chi connectivity index (χ4n) is 3.54. The molecule has 0 saturated heterocycles. The first-order valence-electron chi connectivity index (χ1n) is 8.62. The first kappa shape index (κ1) is 18.0. The number of carbonyl (C=O) groups excluding carboxylic acids is 2. The topological polar surface area (TPSA) is 58.2 Å². The Balaban J connectivity index is 1.75. The number of alkyl halides is 3. The van der Waals surface area contributed by atoms with E-state index in [1.54, 1.807) is 12.1 Å². The molecule has 1 heterocycles. The highest BCUT2D eigenvalue weighted by Gasteiger charge is 2.38. The number of carbonyl (C=O) groups is 2. The third-order valence-electron chi connectivity index (χ3n) is 4.79. The van der Waals surface area contributed by atoms with Gasteiger partial charge in [0, 0.05) is 23.4 Å². The van der Waals surface area contributed by atoms with Crippen LogP contribution in [-0.4, -0.2) is 18.0 Å². The summed E-state index contributed by atoms with van der Waals surface area (Å²) in [6, 6.07) is 17.7. The van der Waals surface area contributed by atoms with Crippen LogP contribution in [0.1, 0.15) is 23.5 Å². The van der Waals surface area contributed by atoms with E-state index in [1.165, 1.54) is 12.1 Å². The van der Waals surface area contributed by atoms with Gasteiger partial charge in [-0.2, -0.15) is 13.2 Å². The second kappa shape index (κ2) is 6.67. The highest BCUT2D eigenvalue weighted by Crippen LogP contribution is 2.41. The summed E-state index contributed by atoms with van der Waals surface area (Å²) in [7, 11) is 0. The molecular formula is C21H15F3N2O2. The van der Waals surface area contributed by atoms with E-state index in [4.69, 9.17) is 0 Å². The lowest BCUT2D eigenvalue weighted by Crippen LogP contribution is -2.30. The van der Waals surface area contributed by atoms with E-state index in [-0.39, 0.29) is 23.9 Å². The lowest BCUT2D eigenvalue weighted by atomic mass is 9.83. The van der Waals surface area contributed by atoms with Crippen LogP contribution in [0.3, 0.4) is 0 Å². The molecule has 1 atom stereocenters. The van der Waals surface area contributed by atoms with E-state index < -0.39 is 12.1 Å². The predicted octanol–water partition coefficient (Wildman–Crippen LogP) is 4.81. The van der Waals surface area contributed by atoms with E-state index in [0.717, 1.165) is 16.3 Å². The van der Waals surface area contributed by atoms with Crippen LogP contribution in [0.2, 0.25) is 0 Å². The molecule has 0 aliphatic carbocycles. The van der Waals surface area contributed by atoms with Crippen molar-refractivity contribution in [2.45, 2.75) is 18.5 Å². The fraction of sp³-hybridized carbons (Fsp3) is 0.143. The summed E-state index contributed by atoms with van der Waals surface area (Å²) in [6.07, 6.45) is -4.80. The summed E-state index contributed by atoms with van der Waals surface area (Å²) >= 11 is 0. The molecule has 3 aromatic rings. The molecule has 28 heavy (non-hydrogen) atoms. The van der Waals surface area contributed by atoms with Gasteiger partial charge >= 0.3 is 12.1 Å². The Morgan fingerprint density at radius 3 is 2.61 bits per heavy atom. The van der Waals surface area contributed by atoms with Gasteiger partial charge in [0.1, 0.15) is 0 Å². The van der Waals surface area contributed by atoms with Crippen LogP contribution in [0.15, 0.2) is 60.7 Å². The minimum absolute atomic E-state index is 0.0353. The minimum Gasteiger partial charge on any atom is -0.325 e. The molecule has 4 nitrogen and oxygen atoms in total. The molecule has 0 spiro atoms. The monoisotopic (exact) mass is 384 g/mol. The van der Waals surface area contributed by atoms with Gasteiger partial charge in [0.15, 0.2) is 0 Å². The van der Waals surface area contributed by atoms with E-state index >= 15 is 0 Å². The Kier molecular flexibility index (Phi) is 4.30. The second-order valence-electron chi connectivity index (χ2n) is 6.63. The summed E-state index contributed by atoms with van der Waals surface area (Å²) in [4.78, 5) is 23.5. The lowest BCUT2D eigenvalue weighted by molar-refractivity contribution is -0.167. The van der Waals surface area contributed by atoms with Crippen molar-refractivity contribution in [3.05, 3.63) is 71.8 Å². The normalized spacial score (nSPS) is 16.4. The van der Waals surface area contributed by atoms with Gasteiger partial charge in [0.05, 0.1) is 5.69 Å². The van der Waals surface area contributed by atoms with Crippen molar-refractivity contribution in [2.75, 3.05) is 10.6 Å². The molecule has 0 bridgehead atoms. The lowest BCUT2D eigenvalue weighted by Gasteiger charge is -2.27. The van der Waals surface area contributed by atoms with Crippen LogP contribution in [0.5, 0.6) is 0 Å². The van der Waals surface area contributed by atoms with Crippen molar-refractivity contribution in [3.63, 3.8) is 0 Å². The molecule has 1 aliphatic rings. The molecule has 3 aromatic carbocycles. The maximum atomic E-state index is 12.5. The third kappa shape index (κ3) is 3.31. The smallest absolute Gasteiger partial charge is 0.325 e. The molecule has 0 aromatic heterocycles. The molecule has 2 amide bonds. The highest BCUT2D eigenvalue weighted by atomic mass is 19.4. The van der Waals surface area contributed by atoms with Crippen molar-refractivity contribution in [2.24, 2.45) is 0 Å². The standard InChI is InChI=1S/C21H15F3N2O2/c22-21(23,24)20(28)25-14-6-3-5-13(10-14)17-11-18(27)26-19-15-7-2-1-4-12(15)8-9-16(17)19/h1-10,17H,11H2,(H,25,28)(H,26,27). The van der Waals surface area contributed by atoms with Crippen molar-refractivity contribution in [1.82, 2.24) is 0 Å². The molecule has 0 saturated carbocycles. The van der Waals surface area contributed by atoms with Crippen LogP contribution in [-0.2, 0) is 9.59 Å². The van der Waals surface area contributed by atoms with Crippen molar-refractivity contribution >= 4 is 34.0 Å². The second-order valence-corrected chi connectivity index (χ2v) is 6.63. The number of amides is 2. The molecule has 4 rings (SSSR count). The Hall–Kier alpha value is -3.35. The first-order chi connectivity index (χ1) is 13.3. The van der Waals surface area contributed by atoms with Crippen LogP contribution in [0.25, 0.3) is 10.8 Å². The average molecular weight is 384 g/mol.